The van der Waals surface area contributed by atoms with Crippen molar-refractivity contribution in [2.45, 2.75) is 54.9 Å². The summed E-state index contributed by atoms with van der Waals surface area (Å²) in [5, 5.41) is 43.3. The zero-order chi connectivity index (χ0) is 24.3. The van der Waals surface area contributed by atoms with Crippen LogP contribution < -0.4 is 4.74 Å². The molecule has 1 aliphatic rings. The Morgan fingerprint density at radius 3 is 2.33 bits per heavy atom. The standard InChI is InChI=1S/C20H25F3N2O7S/c1-30-9-25-17(20(21,22)23)12(7-10-3-5-11(33-2)6-4-10)18(24-25)32-19-16(29)15(28)14(27)13(8-26)31-19/h3-6,13-16,19,26-29H,7-9H2,1-2H3/t13-,14-,15+,16-,19+/m1/s1. The van der Waals surface area contributed by atoms with Gasteiger partial charge >= 0.3 is 6.18 Å². The van der Waals surface area contributed by atoms with E-state index in [1.165, 1.54) is 18.9 Å². The van der Waals surface area contributed by atoms with E-state index < -0.39 is 61.8 Å². The first-order valence-corrected chi connectivity index (χ1v) is 11.1. The molecule has 5 atom stereocenters. The molecule has 1 aliphatic heterocycles. The van der Waals surface area contributed by atoms with Gasteiger partial charge in [-0.1, -0.05) is 12.1 Å². The highest BCUT2D eigenvalue weighted by Gasteiger charge is 2.46. The first-order valence-electron chi connectivity index (χ1n) is 9.86. The highest BCUT2D eigenvalue weighted by molar-refractivity contribution is 7.98. The van der Waals surface area contributed by atoms with Gasteiger partial charge in [-0.25, -0.2) is 4.68 Å². The molecule has 4 N–H and O–H groups in total. The molecule has 3 rings (SSSR count). The third-order valence-electron chi connectivity index (χ3n) is 5.15. The minimum absolute atomic E-state index is 0.208. The quantitative estimate of drug-likeness (QED) is 0.398. The highest BCUT2D eigenvalue weighted by Crippen LogP contribution is 2.38. The van der Waals surface area contributed by atoms with E-state index >= 15 is 0 Å². The lowest BCUT2D eigenvalue weighted by molar-refractivity contribution is -0.278. The van der Waals surface area contributed by atoms with Crippen LogP contribution in [0.25, 0.3) is 0 Å². The molecular formula is C20H25F3N2O7S. The third kappa shape index (κ3) is 5.62. The van der Waals surface area contributed by atoms with Crippen molar-refractivity contribution in [1.29, 1.82) is 0 Å². The number of thioether (sulfide) groups is 1. The van der Waals surface area contributed by atoms with Crippen molar-refractivity contribution in [1.82, 2.24) is 9.78 Å². The van der Waals surface area contributed by atoms with Crippen LogP contribution in [0.3, 0.4) is 0 Å². The highest BCUT2D eigenvalue weighted by atomic mass is 32.2. The lowest BCUT2D eigenvalue weighted by atomic mass is 9.99. The van der Waals surface area contributed by atoms with Crippen LogP contribution in [0.2, 0.25) is 0 Å². The minimum Gasteiger partial charge on any atom is -0.443 e. The summed E-state index contributed by atoms with van der Waals surface area (Å²) in [5.41, 5.74) is -0.875. The van der Waals surface area contributed by atoms with Crippen LogP contribution in [0.15, 0.2) is 29.2 Å². The number of hydrogen-bond acceptors (Lipinski definition) is 9. The number of hydrogen-bond donors (Lipinski definition) is 4. The monoisotopic (exact) mass is 494 g/mol. The third-order valence-corrected chi connectivity index (χ3v) is 5.89. The first-order chi connectivity index (χ1) is 15.6. The molecule has 9 nitrogen and oxygen atoms in total. The molecule has 33 heavy (non-hydrogen) atoms. The van der Waals surface area contributed by atoms with E-state index in [1.54, 1.807) is 24.3 Å². The van der Waals surface area contributed by atoms with Crippen molar-refractivity contribution in [3.63, 3.8) is 0 Å². The molecule has 2 heterocycles. The van der Waals surface area contributed by atoms with Crippen molar-refractivity contribution in [3.8, 4) is 5.88 Å². The molecule has 0 spiro atoms. The fraction of sp³-hybridized carbons (Fsp3) is 0.550. The molecule has 0 unspecified atom stereocenters. The van der Waals surface area contributed by atoms with Crippen molar-refractivity contribution < 1.29 is 47.8 Å². The summed E-state index contributed by atoms with van der Waals surface area (Å²) in [4.78, 5) is 0.933. The number of nitrogens with zero attached hydrogens (tertiary/aromatic N) is 2. The number of rotatable bonds is 8. The van der Waals surface area contributed by atoms with E-state index in [0.717, 1.165) is 4.90 Å². The van der Waals surface area contributed by atoms with Crippen LogP contribution >= 0.6 is 11.8 Å². The van der Waals surface area contributed by atoms with Gasteiger partial charge in [0.05, 0.1) is 12.2 Å². The molecule has 0 aliphatic carbocycles. The van der Waals surface area contributed by atoms with Crippen LogP contribution in [0.5, 0.6) is 5.88 Å². The summed E-state index contributed by atoms with van der Waals surface area (Å²) in [6.07, 6.45) is -11.3. The smallest absolute Gasteiger partial charge is 0.433 e. The van der Waals surface area contributed by atoms with Gasteiger partial charge in [0.2, 0.25) is 12.2 Å². The topological polar surface area (TPSA) is 126 Å². The normalized spacial score (nSPS) is 25.9. The van der Waals surface area contributed by atoms with Gasteiger partial charge in [0, 0.05) is 18.4 Å². The Kier molecular flexibility index (Phi) is 8.26. The average Bonchev–Trinajstić information content (AvgIpc) is 3.11. The van der Waals surface area contributed by atoms with Gasteiger partial charge in [0.15, 0.2) is 5.69 Å². The fourth-order valence-electron chi connectivity index (χ4n) is 3.49. The van der Waals surface area contributed by atoms with Crippen LogP contribution in [-0.4, -0.2) is 80.9 Å². The van der Waals surface area contributed by atoms with Gasteiger partial charge in [-0.3, -0.25) is 0 Å². The molecule has 0 amide bonds. The second-order valence-electron chi connectivity index (χ2n) is 7.39. The van der Waals surface area contributed by atoms with E-state index in [1.807, 2.05) is 6.26 Å². The first kappa shape index (κ1) is 25.7. The molecular weight excluding hydrogens is 469 g/mol. The molecule has 1 aromatic carbocycles. The minimum atomic E-state index is -4.81. The Morgan fingerprint density at radius 1 is 1.12 bits per heavy atom. The molecule has 184 valence electrons. The number of ether oxygens (including phenoxy) is 3. The SMILES string of the molecule is COCn1nc(O[C@@H]2O[C@H](CO)[C@@H](O)[C@H](O)[C@H]2O)c(Cc2ccc(SC)cc2)c1C(F)(F)F. The summed E-state index contributed by atoms with van der Waals surface area (Å²) >= 11 is 1.48. The summed E-state index contributed by atoms with van der Waals surface area (Å²) in [6, 6.07) is 6.89. The van der Waals surface area contributed by atoms with E-state index in [4.69, 9.17) is 14.2 Å². The number of methoxy groups -OCH3 is 1. The second kappa shape index (κ2) is 10.6. The largest absolute Gasteiger partial charge is 0.443 e. The number of aromatic nitrogens is 2. The Hall–Kier alpha value is -1.87. The lowest BCUT2D eigenvalue weighted by Crippen LogP contribution is -2.60. The number of halogens is 3. The van der Waals surface area contributed by atoms with Gasteiger partial charge in [-0.2, -0.15) is 13.2 Å². The predicted octanol–water partition coefficient (Wildman–Crippen LogP) is 0.997. The van der Waals surface area contributed by atoms with Gasteiger partial charge in [-0.15, -0.1) is 16.9 Å². The summed E-state index contributed by atoms with van der Waals surface area (Å²) in [6.45, 7) is -1.24. The summed E-state index contributed by atoms with van der Waals surface area (Å²) < 4.78 is 58.2. The van der Waals surface area contributed by atoms with Crippen LogP contribution in [0, 0.1) is 0 Å². The molecule has 1 aromatic heterocycles. The van der Waals surface area contributed by atoms with Gasteiger partial charge in [0.25, 0.3) is 0 Å². The van der Waals surface area contributed by atoms with Crippen LogP contribution in [0.1, 0.15) is 16.8 Å². The molecule has 0 saturated carbocycles. The Balaban J connectivity index is 2.02. The molecule has 2 aromatic rings. The van der Waals surface area contributed by atoms with Gasteiger partial charge < -0.3 is 34.6 Å². The Morgan fingerprint density at radius 2 is 1.79 bits per heavy atom. The molecule has 0 radical (unpaired) electrons. The lowest BCUT2D eigenvalue weighted by Gasteiger charge is -2.39. The van der Waals surface area contributed by atoms with E-state index in [-0.39, 0.29) is 12.0 Å². The number of aliphatic hydroxyl groups excluding tert-OH is 4. The average molecular weight is 494 g/mol. The zero-order valence-corrected chi connectivity index (χ0v) is 18.6. The van der Waals surface area contributed by atoms with Gasteiger partial charge in [-0.05, 0) is 24.0 Å². The van der Waals surface area contributed by atoms with Gasteiger partial charge in [0.1, 0.15) is 31.1 Å². The van der Waals surface area contributed by atoms with Crippen LogP contribution in [0.4, 0.5) is 13.2 Å². The maximum atomic E-state index is 14.0. The summed E-state index contributed by atoms with van der Waals surface area (Å²) in [5.74, 6) is -0.488. The van der Waals surface area contributed by atoms with E-state index in [0.29, 0.717) is 10.2 Å². The Labute approximate surface area is 191 Å². The number of benzene rings is 1. The molecule has 13 heteroatoms. The van der Waals surface area contributed by atoms with Crippen molar-refractivity contribution in [2.75, 3.05) is 20.0 Å². The van der Waals surface area contributed by atoms with E-state index in [2.05, 4.69) is 5.10 Å². The number of aliphatic hydroxyl groups is 4. The van der Waals surface area contributed by atoms with Crippen molar-refractivity contribution in [2.24, 2.45) is 0 Å². The maximum absolute atomic E-state index is 14.0. The molecule has 0 bridgehead atoms. The Bertz CT molecular complexity index is 924. The van der Waals surface area contributed by atoms with Crippen LogP contribution in [-0.2, 0) is 28.8 Å². The number of alkyl halides is 3. The van der Waals surface area contributed by atoms with Crippen molar-refractivity contribution >= 4 is 11.8 Å². The van der Waals surface area contributed by atoms with E-state index in [9.17, 15) is 33.6 Å². The fourth-order valence-corrected chi connectivity index (χ4v) is 3.89. The molecule has 1 saturated heterocycles. The maximum Gasteiger partial charge on any atom is 0.433 e. The van der Waals surface area contributed by atoms with Crippen molar-refractivity contribution in [3.05, 3.63) is 41.1 Å². The zero-order valence-electron chi connectivity index (χ0n) is 17.8. The second-order valence-corrected chi connectivity index (χ2v) is 8.27. The predicted molar refractivity (Wildman–Crippen MR) is 110 cm³/mol. The summed E-state index contributed by atoms with van der Waals surface area (Å²) in [7, 11) is 1.21. The molecule has 1 fully saturated rings.